The van der Waals surface area contributed by atoms with E-state index in [0.717, 1.165) is 30.3 Å². The highest BCUT2D eigenvalue weighted by atomic mass is 31.2. The first-order valence-corrected chi connectivity index (χ1v) is 15.3. The molecule has 0 fully saturated rings. The van der Waals surface area contributed by atoms with E-state index in [-0.39, 0.29) is 6.10 Å². The average molecular weight is 533 g/mol. The predicted octanol–water partition coefficient (Wildman–Crippen LogP) is 7.67. The Balaban J connectivity index is 1.57. The molecular weight excluding hydrogens is 481 g/mol. The molecule has 0 spiro atoms. The normalized spacial score (nSPS) is 13.5. The van der Waals surface area contributed by atoms with Gasteiger partial charge in [-0.3, -0.25) is 0 Å². The maximum absolute atomic E-state index is 9.98. The van der Waals surface area contributed by atoms with Crippen LogP contribution in [0.2, 0.25) is 0 Å². The molecule has 0 amide bonds. The second kappa shape index (κ2) is 19.7. The van der Waals surface area contributed by atoms with E-state index in [9.17, 15) is 4.89 Å². The lowest BCUT2D eigenvalue weighted by atomic mass is 10.0. The van der Waals surface area contributed by atoms with Crippen LogP contribution in [0.4, 0.5) is 0 Å². The minimum atomic E-state index is -1.80. The van der Waals surface area contributed by atoms with Crippen LogP contribution in [-0.4, -0.2) is 56.4 Å². The van der Waals surface area contributed by atoms with Gasteiger partial charge >= 0.3 is 8.60 Å². The third kappa shape index (κ3) is 17.7. The molecule has 2 atom stereocenters. The molecule has 5 nitrogen and oxygen atoms in total. The summed E-state index contributed by atoms with van der Waals surface area (Å²) in [4.78, 5) is 9.98. The van der Waals surface area contributed by atoms with Crippen LogP contribution in [0.1, 0.15) is 75.3 Å². The van der Waals surface area contributed by atoms with Crippen molar-refractivity contribution >= 4 is 8.60 Å². The van der Waals surface area contributed by atoms with E-state index >= 15 is 0 Å². The topological polar surface area (TPSA) is 47.9 Å². The highest BCUT2D eigenvalue weighted by molar-refractivity contribution is 7.40. The first-order chi connectivity index (χ1) is 17.9. The van der Waals surface area contributed by atoms with E-state index in [1.807, 2.05) is 6.07 Å². The van der Waals surface area contributed by atoms with Gasteiger partial charge in [0.1, 0.15) is 13.2 Å². The summed E-state index contributed by atoms with van der Waals surface area (Å²) in [7, 11) is 4.52. The SMILES string of the molecule is C[N+](C)(C)CCOP(O)OCCCC(CCCCCCCCCc1ccccc1)OCc1ccccc1. The van der Waals surface area contributed by atoms with Gasteiger partial charge in [0.05, 0.1) is 40.5 Å². The monoisotopic (exact) mass is 532 g/mol. The summed E-state index contributed by atoms with van der Waals surface area (Å²) >= 11 is 0. The molecule has 6 heteroatoms. The Kier molecular flexibility index (Phi) is 17.0. The first-order valence-electron chi connectivity index (χ1n) is 14.2. The van der Waals surface area contributed by atoms with Crippen LogP contribution in [0.25, 0.3) is 0 Å². The van der Waals surface area contributed by atoms with E-state index in [1.54, 1.807) is 0 Å². The Morgan fingerprint density at radius 1 is 0.676 bits per heavy atom. The predicted molar refractivity (Wildman–Crippen MR) is 155 cm³/mol. The number of benzene rings is 2. The molecular formula is C31H51NO4P+. The smallest absolute Gasteiger partial charge is 0.330 e. The Morgan fingerprint density at radius 2 is 1.22 bits per heavy atom. The van der Waals surface area contributed by atoms with Crippen LogP contribution in [0.3, 0.4) is 0 Å². The standard InChI is InChI=1S/C31H51NO4P/c1-32(2,3)25-27-36-37(33)35-26-17-24-31(34-28-30-21-14-10-15-22-30)23-16-8-6-4-5-7-11-18-29-19-12-9-13-20-29/h9-10,12-15,19-22,31,33H,4-8,11,16-18,23-28H2,1-3H3/q+1. The maximum atomic E-state index is 9.98. The number of rotatable bonds is 22. The molecule has 2 aromatic rings. The van der Waals surface area contributed by atoms with Gasteiger partial charge in [-0.25, -0.2) is 0 Å². The molecule has 2 unspecified atom stereocenters. The van der Waals surface area contributed by atoms with Gasteiger partial charge in [-0.1, -0.05) is 99.2 Å². The van der Waals surface area contributed by atoms with Gasteiger partial charge in [0.25, 0.3) is 0 Å². The Morgan fingerprint density at radius 3 is 1.86 bits per heavy atom. The van der Waals surface area contributed by atoms with Crippen LogP contribution in [-0.2, 0) is 26.8 Å². The quantitative estimate of drug-likeness (QED) is 0.0960. The number of unbranched alkanes of at least 4 members (excludes halogenated alkanes) is 6. The summed E-state index contributed by atoms with van der Waals surface area (Å²) in [6, 6.07) is 21.2. The number of hydrogen-bond acceptors (Lipinski definition) is 4. The van der Waals surface area contributed by atoms with Gasteiger partial charge in [0.2, 0.25) is 0 Å². The number of hydrogen-bond donors (Lipinski definition) is 1. The van der Waals surface area contributed by atoms with Crippen LogP contribution < -0.4 is 0 Å². The molecule has 0 aliphatic heterocycles. The van der Waals surface area contributed by atoms with Gasteiger partial charge in [0, 0.05) is 0 Å². The van der Waals surface area contributed by atoms with Crippen molar-refractivity contribution in [2.24, 2.45) is 0 Å². The minimum Gasteiger partial charge on any atom is -0.374 e. The highest BCUT2D eigenvalue weighted by Gasteiger charge is 2.13. The van der Waals surface area contributed by atoms with Gasteiger partial charge in [-0.05, 0) is 43.2 Å². The molecule has 0 heterocycles. The van der Waals surface area contributed by atoms with E-state index < -0.39 is 8.60 Å². The first kappa shape index (κ1) is 31.9. The number of ether oxygens (including phenoxy) is 1. The third-order valence-corrected chi connectivity index (χ3v) is 7.31. The molecule has 0 saturated heterocycles. The van der Waals surface area contributed by atoms with Crippen molar-refractivity contribution in [1.29, 1.82) is 0 Å². The summed E-state index contributed by atoms with van der Waals surface area (Å²) in [6.45, 7) is 2.49. The van der Waals surface area contributed by atoms with Crippen LogP contribution >= 0.6 is 8.60 Å². The lowest BCUT2D eigenvalue weighted by Crippen LogP contribution is -2.37. The van der Waals surface area contributed by atoms with Crippen LogP contribution in [0.15, 0.2) is 60.7 Å². The Hall–Kier alpha value is -1.33. The molecule has 208 valence electrons. The van der Waals surface area contributed by atoms with Gasteiger partial charge in [-0.15, -0.1) is 0 Å². The fourth-order valence-corrected chi connectivity index (χ4v) is 4.81. The van der Waals surface area contributed by atoms with Crippen molar-refractivity contribution < 1.29 is 23.2 Å². The fourth-order valence-electron chi connectivity index (χ4n) is 4.21. The Labute approximate surface area is 227 Å². The Bertz CT molecular complexity index is 785. The average Bonchev–Trinajstić information content (AvgIpc) is 2.88. The van der Waals surface area contributed by atoms with Crippen LogP contribution in [0, 0.1) is 0 Å². The molecule has 0 aliphatic rings. The molecule has 2 aromatic carbocycles. The summed E-state index contributed by atoms with van der Waals surface area (Å²) in [5.74, 6) is 0. The molecule has 0 bridgehead atoms. The van der Waals surface area contributed by atoms with Crippen molar-refractivity contribution in [3.8, 4) is 0 Å². The molecule has 0 saturated carbocycles. The van der Waals surface area contributed by atoms with Crippen LogP contribution in [0.5, 0.6) is 0 Å². The molecule has 0 radical (unpaired) electrons. The van der Waals surface area contributed by atoms with Crippen molar-refractivity contribution in [3.05, 3.63) is 71.8 Å². The molecule has 37 heavy (non-hydrogen) atoms. The summed E-state index contributed by atoms with van der Waals surface area (Å²) < 4.78 is 18.1. The largest absolute Gasteiger partial charge is 0.374 e. The van der Waals surface area contributed by atoms with Gasteiger partial charge in [-0.2, -0.15) is 0 Å². The van der Waals surface area contributed by atoms with E-state index in [4.69, 9.17) is 13.8 Å². The van der Waals surface area contributed by atoms with Crippen molar-refractivity contribution in [2.45, 2.75) is 83.3 Å². The van der Waals surface area contributed by atoms with Gasteiger partial charge < -0.3 is 23.2 Å². The lowest BCUT2D eigenvalue weighted by Gasteiger charge is -2.24. The summed E-state index contributed by atoms with van der Waals surface area (Å²) in [6.07, 6.45) is 13.3. The number of quaternary nitrogens is 1. The molecule has 1 N–H and O–H groups in total. The molecule has 2 rings (SSSR count). The zero-order chi connectivity index (χ0) is 26.6. The zero-order valence-corrected chi connectivity index (χ0v) is 24.4. The van der Waals surface area contributed by atoms with E-state index in [0.29, 0.717) is 19.8 Å². The second-order valence-electron chi connectivity index (χ2n) is 11.0. The third-order valence-electron chi connectivity index (χ3n) is 6.50. The molecule has 0 aliphatic carbocycles. The van der Waals surface area contributed by atoms with E-state index in [2.05, 4.69) is 75.7 Å². The fraction of sp³-hybridized carbons (Fsp3) is 0.613. The summed E-state index contributed by atoms with van der Waals surface area (Å²) in [5, 5.41) is 0. The lowest BCUT2D eigenvalue weighted by molar-refractivity contribution is -0.870. The van der Waals surface area contributed by atoms with Crippen molar-refractivity contribution in [1.82, 2.24) is 0 Å². The summed E-state index contributed by atoms with van der Waals surface area (Å²) in [5.41, 5.74) is 2.67. The van der Waals surface area contributed by atoms with Gasteiger partial charge in [0.15, 0.2) is 0 Å². The minimum absolute atomic E-state index is 0.221. The zero-order valence-electron chi connectivity index (χ0n) is 23.5. The number of aryl methyl sites for hydroxylation is 1. The number of nitrogens with zero attached hydrogens (tertiary/aromatic N) is 1. The van der Waals surface area contributed by atoms with E-state index in [1.165, 1.54) is 62.5 Å². The van der Waals surface area contributed by atoms with Crippen molar-refractivity contribution in [2.75, 3.05) is 40.9 Å². The molecule has 0 aromatic heterocycles. The highest BCUT2D eigenvalue weighted by Crippen LogP contribution is 2.33. The second-order valence-corrected chi connectivity index (χ2v) is 12.0. The van der Waals surface area contributed by atoms with Crippen molar-refractivity contribution in [3.63, 3.8) is 0 Å². The number of likely N-dealkylation sites (N-methyl/N-ethyl adjacent to an activating group) is 1. The maximum Gasteiger partial charge on any atom is 0.330 e.